The molecule has 1 nitrogen and oxygen atoms in total. The summed E-state index contributed by atoms with van der Waals surface area (Å²) in [5, 5.41) is 3.63. The molecular formula is C16H15BrClF2N. The molecule has 112 valence electrons. The normalized spacial score (nSPS) is 12.4. The molecule has 0 aliphatic carbocycles. The molecule has 5 heteroatoms. The molecule has 0 spiro atoms. The average molecular weight is 375 g/mol. The van der Waals surface area contributed by atoms with Crippen LogP contribution in [0.1, 0.15) is 30.5 Å². The van der Waals surface area contributed by atoms with Crippen molar-refractivity contribution >= 4 is 27.5 Å². The molecule has 2 aromatic rings. The molecule has 0 aliphatic rings. The quantitative estimate of drug-likeness (QED) is 0.732. The van der Waals surface area contributed by atoms with Crippen molar-refractivity contribution in [3.63, 3.8) is 0 Å². The monoisotopic (exact) mass is 373 g/mol. The molecule has 0 saturated heterocycles. The van der Waals surface area contributed by atoms with Gasteiger partial charge in [-0.25, -0.2) is 8.78 Å². The summed E-state index contributed by atoms with van der Waals surface area (Å²) in [6.07, 6.45) is 0.874. The molecule has 21 heavy (non-hydrogen) atoms. The van der Waals surface area contributed by atoms with Crippen molar-refractivity contribution < 1.29 is 8.78 Å². The molecule has 0 heterocycles. The van der Waals surface area contributed by atoms with Crippen LogP contribution in [0.4, 0.5) is 8.78 Å². The zero-order valence-corrected chi connectivity index (χ0v) is 13.8. The highest BCUT2D eigenvalue weighted by Crippen LogP contribution is 2.32. The van der Waals surface area contributed by atoms with Crippen molar-refractivity contribution in [3.05, 3.63) is 68.7 Å². The summed E-state index contributed by atoms with van der Waals surface area (Å²) in [6.45, 7) is 2.68. The Balaban J connectivity index is 2.52. The van der Waals surface area contributed by atoms with Gasteiger partial charge in [0.15, 0.2) is 0 Å². The van der Waals surface area contributed by atoms with Gasteiger partial charge in [0.25, 0.3) is 0 Å². The van der Waals surface area contributed by atoms with Crippen LogP contribution in [-0.2, 0) is 0 Å². The standard InChI is InChI=1S/C16H15BrClF2N/c1-2-8-21-16(11-4-3-5-13(17)15(11)20)12-9-10(19)6-7-14(12)18/h3-7,9,16,21H,2,8H2,1H3. The van der Waals surface area contributed by atoms with Crippen LogP contribution in [0.2, 0.25) is 5.02 Å². The minimum atomic E-state index is -0.495. The van der Waals surface area contributed by atoms with E-state index in [-0.39, 0.29) is 5.82 Å². The fourth-order valence-electron chi connectivity index (χ4n) is 2.16. The molecular weight excluding hydrogens is 360 g/mol. The van der Waals surface area contributed by atoms with Crippen LogP contribution < -0.4 is 5.32 Å². The van der Waals surface area contributed by atoms with Gasteiger partial charge in [0.1, 0.15) is 11.6 Å². The molecule has 2 rings (SSSR count). The molecule has 0 bridgehead atoms. The van der Waals surface area contributed by atoms with E-state index in [0.29, 0.717) is 27.2 Å². The third-order valence-corrected chi connectivity index (χ3v) is 4.12. The second-order valence-electron chi connectivity index (χ2n) is 4.70. The first kappa shape index (κ1) is 16.4. The lowest BCUT2D eigenvalue weighted by atomic mass is 9.97. The van der Waals surface area contributed by atoms with Crippen LogP contribution in [-0.4, -0.2) is 6.54 Å². The van der Waals surface area contributed by atoms with Crippen LogP contribution in [0.3, 0.4) is 0 Å². The number of rotatable bonds is 5. The highest BCUT2D eigenvalue weighted by Gasteiger charge is 2.21. The van der Waals surface area contributed by atoms with Crippen molar-refractivity contribution in [2.24, 2.45) is 0 Å². The highest BCUT2D eigenvalue weighted by atomic mass is 79.9. The molecule has 0 aliphatic heterocycles. The van der Waals surface area contributed by atoms with Gasteiger partial charge < -0.3 is 5.32 Å². The lowest BCUT2D eigenvalue weighted by Gasteiger charge is -2.21. The lowest BCUT2D eigenvalue weighted by molar-refractivity contribution is 0.540. The van der Waals surface area contributed by atoms with Gasteiger partial charge in [-0.15, -0.1) is 0 Å². The van der Waals surface area contributed by atoms with E-state index < -0.39 is 11.9 Å². The molecule has 0 radical (unpaired) electrons. The third-order valence-electron chi connectivity index (χ3n) is 3.16. The van der Waals surface area contributed by atoms with E-state index in [4.69, 9.17) is 11.6 Å². The van der Waals surface area contributed by atoms with E-state index >= 15 is 0 Å². The van der Waals surface area contributed by atoms with Crippen molar-refractivity contribution in [2.45, 2.75) is 19.4 Å². The Morgan fingerprint density at radius 1 is 1.19 bits per heavy atom. The summed E-state index contributed by atoms with van der Waals surface area (Å²) in [6, 6.07) is 8.68. The maximum Gasteiger partial charge on any atom is 0.142 e. The number of nitrogens with one attached hydrogen (secondary N) is 1. The van der Waals surface area contributed by atoms with E-state index in [2.05, 4.69) is 21.2 Å². The van der Waals surface area contributed by atoms with E-state index in [1.54, 1.807) is 18.2 Å². The summed E-state index contributed by atoms with van der Waals surface area (Å²) in [5.41, 5.74) is 0.965. The Morgan fingerprint density at radius 3 is 2.67 bits per heavy atom. The maximum atomic E-state index is 14.4. The van der Waals surface area contributed by atoms with Gasteiger partial charge in [0.05, 0.1) is 10.5 Å². The van der Waals surface area contributed by atoms with Gasteiger partial charge >= 0.3 is 0 Å². The van der Waals surface area contributed by atoms with Gasteiger partial charge in [0, 0.05) is 10.6 Å². The fourth-order valence-corrected chi connectivity index (χ4v) is 2.76. The predicted octanol–water partition coefficient (Wildman–Crippen LogP) is 5.47. The Morgan fingerprint density at radius 2 is 1.95 bits per heavy atom. The molecule has 1 N–H and O–H groups in total. The van der Waals surface area contributed by atoms with Crippen LogP contribution >= 0.6 is 27.5 Å². The number of hydrogen-bond acceptors (Lipinski definition) is 1. The second-order valence-corrected chi connectivity index (χ2v) is 5.96. The number of halogens is 4. The van der Waals surface area contributed by atoms with Gasteiger partial charge in [-0.2, -0.15) is 0 Å². The first-order chi connectivity index (χ1) is 10.0. The van der Waals surface area contributed by atoms with Crippen LogP contribution in [0.15, 0.2) is 40.9 Å². The summed E-state index contributed by atoms with van der Waals surface area (Å²) >= 11 is 9.35. The molecule has 1 unspecified atom stereocenters. The predicted molar refractivity (Wildman–Crippen MR) is 85.6 cm³/mol. The van der Waals surface area contributed by atoms with Crippen molar-refractivity contribution in [3.8, 4) is 0 Å². The Bertz CT molecular complexity index is 632. The Labute approximate surface area is 136 Å². The minimum Gasteiger partial charge on any atom is -0.306 e. The zero-order valence-electron chi connectivity index (χ0n) is 11.5. The molecule has 2 aromatic carbocycles. The van der Waals surface area contributed by atoms with Crippen molar-refractivity contribution in [1.29, 1.82) is 0 Å². The SMILES string of the molecule is CCCNC(c1cc(F)ccc1Cl)c1cccc(Br)c1F. The average Bonchev–Trinajstić information content (AvgIpc) is 2.47. The largest absolute Gasteiger partial charge is 0.306 e. The summed E-state index contributed by atoms with van der Waals surface area (Å²) in [4.78, 5) is 0. The summed E-state index contributed by atoms with van der Waals surface area (Å²) < 4.78 is 28.3. The van der Waals surface area contributed by atoms with Crippen LogP contribution in [0.5, 0.6) is 0 Å². The highest BCUT2D eigenvalue weighted by molar-refractivity contribution is 9.10. The third kappa shape index (κ3) is 3.82. The molecule has 0 amide bonds. The van der Waals surface area contributed by atoms with E-state index in [1.807, 2.05) is 6.92 Å². The van der Waals surface area contributed by atoms with Crippen molar-refractivity contribution in [2.75, 3.05) is 6.54 Å². The lowest BCUT2D eigenvalue weighted by Crippen LogP contribution is -2.24. The first-order valence-corrected chi connectivity index (χ1v) is 7.84. The summed E-state index contributed by atoms with van der Waals surface area (Å²) in [7, 11) is 0. The zero-order chi connectivity index (χ0) is 15.4. The molecule has 0 aromatic heterocycles. The maximum absolute atomic E-state index is 14.4. The van der Waals surface area contributed by atoms with Crippen LogP contribution in [0, 0.1) is 11.6 Å². The van der Waals surface area contributed by atoms with Crippen molar-refractivity contribution in [1.82, 2.24) is 5.32 Å². The Hall–Kier alpha value is -0.970. The summed E-state index contributed by atoms with van der Waals surface area (Å²) in [5.74, 6) is -0.764. The number of benzene rings is 2. The number of hydrogen-bond donors (Lipinski definition) is 1. The Kier molecular flexibility index (Phi) is 5.73. The van der Waals surface area contributed by atoms with E-state index in [9.17, 15) is 8.78 Å². The molecule has 0 saturated carbocycles. The van der Waals surface area contributed by atoms with Gasteiger partial charge in [-0.3, -0.25) is 0 Å². The fraction of sp³-hybridized carbons (Fsp3) is 0.250. The minimum absolute atomic E-state index is 0.369. The van der Waals surface area contributed by atoms with E-state index in [0.717, 1.165) is 6.42 Å². The topological polar surface area (TPSA) is 12.0 Å². The van der Waals surface area contributed by atoms with E-state index in [1.165, 1.54) is 18.2 Å². The smallest absolute Gasteiger partial charge is 0.142 e. The van der Waals surface area contributed by atoms with Gasteiger partial charge in [-0.1, -0.05) is 30.7 Å². The van der Waals surface area contributed by atoms with Gasteiger partial charge in [-0.05, 0) is 58.7 Å². The molecule has 0 fully saturated rings. The van der Waals surface area contributed by atoms with Crippen LogP contribution in [0.25, 0.3) is 0 Å². The van der Waals surface area contributed by atoms with Gasteiger partial charge in [0.2, 0.25) is 0 Å². The molecule has 1 atom stereocenters. The first-order valence-electron chi connectivity index (χ1n) is 6.66. The second kappa shape index (κ2) is 7.34.